The second-order valence-corrected chi connectivity index (χ2v) is 6.49. The van der Waals surface area contributed by atoms with Crippen molar-refractivity contribution in [3.63, 3.8) is 0 Å². The predicted molar refractivity (Wildman–Crippen MR) is 107 cm³/mol. The Balaban J connectivity index is 0.00000280. The number of nitrogens with zero attached hydrogens (tertiary/aromatic N) is 3. The summed E-state index contributed by atoms with van der Waals surface area (Å²) < 4.78 is 21.6. The average molecular weight is 413 g/mol. The maximum atomic E-state index is 5.74. The number of morpholine rings is 1. The fourth-order valence-corrected chi connectivity index (χ4v) is 2.96. The fourth-order valence-electron chi connectivity index (χ4n) is 2.96. The molecule has 3 rings (SSSR count). The Hall–Kier alpha value is -1.87. The van der Waals surface area contributed by atoms with Crippen LogP contribution in [-0.2, 0) is 17.9 Å². The molecule has 156 valence electrons. The zero-order valence-corrected chi connectivity index (χ0v) is 17.3. The van der Waals surface area contributed by atoms with E-state index in [0.29, 0.717) is 23.2 Å². The van der Waals surface area contributed by atoms with Gasteiger partial charge in [-0.05, 0) is 44.1 Å². The number of aromatic nitrogens is 2. The maximum absolute atomic E-state index is 5.74. The largest absolute Gasteiger partial charge is 0.493 e. The highest BCUT2D eigenvalue weighted by atomic mass is 35.5. The van der Waals surface area contributed by atoms with Gasteiger partial charge in [0.25, 0.3) is 5.89 Å². The molecule has 2 aromatic rings. The molecular formula is C19H29ClN4O4. The molecule has 8 nitrogen and oxygen atoms in total. The first-order chi connectivity index (χ1) is 13.2. The molecule has 1 aliphatic rings. The summed E-state index contributed by atoms with van der Waals surface area (Å²) in [6.07, 6.45) is 1.13. The summed E-state index contributed by atoms with van der Waals surface area (Å²) in [6, 6.07) is 5.93. The van der Waals surface area contributed by atoms with Crippen LogP contribution in [0.25, 0.3) is 0 Å². The maximum Gasteiger partial charge on any atom is 0.264 e. The molecule has 1 aromatic carbocycles. The lowest BCUT2D eigenvalue weighted by atomic mass is 10.2. The number of methoxy groups -OCH3 is 1. The van der Waals surface area contributed by atoms with Crippen molar-refractivity contribution >= 4 is 12.4 Å². The van der Waals surface area contributed by atoms with Gasteiger partial charge in [-0.15, -0.1) is 12.4 Å². The van der Waals surface area contributed by atoms with Gasteiger partial charge in [-0.2, -0.15) is 4.98 Å². The van der Waals surface area contributed by atoms with E-state index in [0.717, 1.165) is 57.9 Å². The van der Waals surface area contributed by atoms with Crippen molar-refractivity contribution in [3.8, 4) is 11.5 Å². The van der Waals surface area contributed by atoms with E-state index in [9.17, 15) is 0 Å². The summed E-state index contributed by atoms with van der Waals surface area (Å²) in [5.74, 6) is 2.39. The molecule has 28 heavy (non-hydrogen) atoms. The van der Waals surface area contributed by atoms with Gasteiger partial charge < -0.3 is 24.1 Å². The smallest absolute Gasteiger partial charge is 0.264 e. The van der Waals surface area contributed by atoms with Gasteiger partial charge in [-0.3, -0.25) is 4.90 Å². The van der Waals surface area contributed by atoms with Crippen LogP contribution in [0, 0.1) is 6.92 Å². The Labute approximate surface area is 171 Å². The quantitative estimate of drug-likeness (QED) is 0.595. The van der Waals surface area contributed by atoms with Gasteiger partial charge >= 0.3 is 0 Å². The SMILES string of the molecule is COc1cc(CNCCCN2CCOCC2)ccc1OCc1nc(C)no1.Cl. The number of halogens is 1. The van der Waals surface area contributed by atoms with Crippen LogP contribution < -0.4 is 14.8 Å². The first-order valence-corrected chi connectivity index (χ1v) is 9.34. The van der Waals surface area contributed by atoms with E-state index in [1.165, 1.54) is 0 Å². The first-order valence-electron chi connectivity index (χ1n) is 9.34. The van der Waals surface area contributed by atoms with Crippen molar-refractivity contribution in [1.82, 2.24) is 20.4 Å². The van der Waals surface area contributed by atoms with E-state index in [-0.39, 0.29) is 19.0 Å². The average Bonchev–Trinajstić information content (AvgIpc) is 3.12. The second-order valence-electron chi connectivity index (χ2n) is 6.49. The van der Waals surface area contributed by atoms with Crippen LogP contribution in [0.4, 0.5) is 0 Å². The molecule has 2 heterocycles. The molecule has 1 saturated heterocycles. The minimum atomic E-state index is 0. The van der Waals surface area contributed by atoms with Gasteiger partial charge in [-0.1, -0.05) is 11.2 Å². The van der Waals surface area contributed by atoms with Gasteiger partial charge in [-0.25, -0.2) is 0 Å². The molecule has 0 saturated carbocycles. The molecule has 0 spiro atoms. The molecule has 0 atom stereocenters. The van der Waals surface area contributed by atoms with Crippen molar-refractivity contribution in [2.24, 2.45) is 0 Å². The zero-order valence-electron chi connectivity index (χ0n) is 16.5. The lowest BCUT2D eigenvalue weighted by Crippen LogP contribution is -2.37. The van der Waals surface area contributed by atoms with Crippen LogP contribution in [0.3, 0.4) is 0 Å². The Morgan fingerprint density at radius 2 is 2.04 bits per heavy atom. The number of rotatable bonds is 10. The van der Waals surface area contributed by atoms with Gasteiger partial charge in [0.15, 0.2) is 23.9 Å². The monoisotopic (exact) mass is 412 g/mol. The van der Waals surface area contributed by atoms with E-state index < -0.39 is 0 Å². The fraction of sp³-hybridized carbons (Fsp3) is 0.579. The van der Waals surface area contributed by atoms with Crippen molar-refractivity contribution in [3.05, 3.63) is 35.5 Å². The number of benzene rings is 1. The van der Waals surface area contributed by atoms with Crippen LogP contribution in [0.1, 0.15) is 23.7 Å². The molecule has 0 aliphatic carbocycles. The minimum absolute atomic E-state index is 0. The third kappa shape index (κ3) is 6.94. The molecule has 1 N–H and O–H groups in total. The van der Waals surface area contributed by atoms with E-state index in [2.05, 4.69) is 20.4 Å². The predicted octanol–water partition coefficient (Wildman–Crippen LogP) is 2.20. The summed E-state index contributed by atoms with van der Waals surface area (Å²) in [7, 11) is 1.64. The first kappa shape index (κ1) is 22.4. The highest BCUT2D eigenvalue weighted by Gasteiger charge is 2.10. The molecule has 0 unspecified atom stereocenters. The standard InChI is InChI=1S/C19H28N4O4.ClH/c1-15-21-19(27-22-15)14-26-17-5-4-16(12-18(17)24-2)13-20-6-3-7-23-8-10-25-11-9-23;/h4-5,12,20H,3,6-11,13-14H2,1-2H3;1H. The van der Waals surface area contributed by atoms with Gasteiger partial charge in [0.2, 0.25) is 0 Å². The van der Waals surface area contributed by atoms with E-state index in [1.54, 1.807) is 14.0 Å². The summed E-state index contributed by atoms with van der Waals surface area (Å²) in [4.78, 5) is 6.58. The number of aryl methyl sites for hydroxylation is 1. The van der Waals surface area contributed by atoms with Gasteiger partial charge in [0, 0.05) is 19.6 Å². The molecule has 9 heteroatoms. The molecule has 0 bridgehead atoms. The second kappa shape index (κ2) is 11.9. The zero-order chi connectivity index (χ0) is 18.9. The summed E-state index contributed by atoms with van der Waals surface area (Å²) in [5.41, 5.74) is 1.15. The highest BCUT2D eigenvalue weighted by molar-refractivity contribution is 5.85. The minimum Gasteiger partial charge on any atom is -0.493 e. The molecule has 0 amide bonds. The van der Waals surface area contributed by atoms with Crippen molar-refractivity contribution in [1.29, 1.82) is 0 Å². The summed E-state index contributed by atoms with van der Waals surface area (Å²) >= 11 is 0. The topological polar surface area (TPSA) is 81.9 Å². The van der Waals surface area contributed by atoms with E-state index in [1.807, 2.05) is 18.2 Å². The normalized spacial score (nSPS) is 14.5. The van der Waals surface area contributed by atoms with E-state index >= 15 is 0 Å². The number of nitrogens with one attached hydrogen (secondary N) is 1. The Kier molecular flexibility index (Phi) is 9.49. The Bertz CT molecular complexity index is 707. The molecule has 1 aromatic heterocycles. The third-order valence-electron chi connectivity index (χ3n) is 4.41. The van der Waals surface area contributed by atoms with Crippen LogP contribution in [0.15, 0.2) is 22.7 Å². The molecule has 1 aliphatic heterocycles. The van der Waals surface area contributed by atoms with Gasteiger partial charge in [0.1, 0.15) is 0 Å². The van der Waals surface area contributed by atoms with Crippen LogP contribution >= 0.6 is 12.4 Å². The third-order valence-corrected chi connectivity index (χ3v) is 4.41. The molecule has 1 fully saturated rings. The van der Waals surface area contributed by atoms with Crippen LogP contribution in [0.2, 0.25) is 0 Å². The lowest BCUT2D eigenvalue weighted by molar-refractivity contribution is 0.0374. The van der Waals surface area contributed by atoms with Crippen LogP contribution in [-0.4, -0.2) is 61.5 Å². The summed E-state index contributed by atoms with van der Waals surface area (Å²) in [6.45, 7) is 8.68. The van der Waals surface area contributed by atoms with Crippen LogP contribution in [0.5, 0.6) is 11.5 Å². The van der Waals surface area contributed by atoms with E-state index in [4.69, 9.17) is 18.7 Å². The number of hydrogen-bond donors (Lipinski definition) is 1. The van der Waals surface area contributed by atoms with Gasteiger partial charge in [0.05, 0.1) is 20.3 Å². The molecule has 0 radical (unpaired) electrons. The number of ether oxygens (including phenoxy) is 3. The van der Waals surface area contributed by atoms with Crippen molar-refractivity contribution < 1.29 is 18.7 Å². The number of hydrogen-bond acceptors (Lipinski definition) is 8. The highest BCUT2D eigenvalue weighted by Crippen LogP contribution is 2.28. The Morgan fingerprint density at radius 1 is 1.21 bits per heavy atom. The summed E-state index contributed by atoms with van der Waals surface area (Å²) in [5, 5.41) is 7.23. The Morgan fingerprint density at radius 3 is 2.75 bits per heavy atom. The van der Waals surface area contributed by atoms with Crippen molar-refractivity contribution in [2.75, 3.05) is 46.5 Å². The molecular weight excluding hydrogens is 384 g/mol. The van der Waals surface area contributed by atoms with Crippen molar-refractivity contribution in [2.45, 2.75) is 26.5 Å². The lowest BCUT2D eigenvalue weighted by Gasteiger charge is -2.26.